The predicted molar refractivity (Wildman–Crippen MR) is 97.9 cm³/mol. The monoisotopic (exact) mass is 354 g/mol. The van der Waals surface area contributed by atoms with Gasteiger partial charge in [-0.15, -0.1) is 6.58 Å². The van der Waals surface area contributed by atoms with Crippen molar-refractivity contribution in [3.63, 3.8) is 0 Å². The molecule has 0 bridgehead atoms. The van der Waals surface area contributed by atoms with E-state index in [1.807, 2.05) is 24.3 Å². The Kier molecular flexibility index (Phi) is 4.89. The van der Waals surface area contributed by atoms with Crippen molar-refractivity contribution < 1.29 is 23.7 Å². The lowest BCUT2D eigenvalue weighted by Gasteiger charge is -2.38. The molecule has 0 aliphatic carbocycles. The minimum absolute atomic E-state index is 0.245. The van der Waals surface area contributed by atoms with E-state index in [1.165, 1.54) is 0 Å². The maximum Gasteiger partial charge on any atom is 0.322 e. The number of hydrogen-bond donors (Lipinski definition) is 0. The van der Waals surface area contributed by atoms with E-state index < -0.39 is 5.41 Å². The molecule has 26 heavy (non-hydrogen) atoms. The van der Waals surface area contributed by atoms with Gasteiger partial charge in [0.25, 0.3) is 0 Å². The minimum atomic E-state index is -1.10. The fraction of sp³-hybridized carbons (Fsp3) is 0.286. The molecule has 136 valence electrons. The number of esters is 1. The summed E-state index contributed by atoms with van der Waals surface area (Å²) in [6, 6.07) is 11.2. The Morgan fingerprint density at radius 2 is 1.77 bits per heavy atom. The Morgan fingerprint density at radius 1 is 1.12 bits per heavy atom. The van der Waals surface area contributed by atoms with Gasteiger partial charge in [0, 0.05) is 12.1 Å². The Balaban J connectivity index is 2.40. The third-order valence-electron chi connectivity index (χ3n) is 4.78. The van der Waals surface area contributed by atoms with E-state index >= 15 is 0 Å². The highest BCUT2D eigenvalue weighted by Gasteiger charge is 2.50. The maximum atomic E-state index is 13.1. The number of carbonyl (C=O) groups is 1. The van der Waals surface area contributed by atoms with Gasteiger partial charge in [0.2, 0.25) is 0 Å². The zero-order valence-corrected chi connectivity index (χ0v) is 15.2. The molecule has 1 aliphatic heterocycles. The standard InChI is InChI=1S/C21H22O5/c1-5-10-21(16-9-7-6-8-14(16)13-26-20(21)22)19-17(24-3)11-15(23-2)12-18(19)25-4/h5-9,11-12H,1,10,13H2,2-4H3. The summed E-state index contributed by atoms with van der Waals surface area (Å²) in [6.45, 7) is 4.11. The molecule has 0 aromatic heterocycles. The van der Waals surface area contributed by atoms with Crippen molar-refractivity contribution in [3.05, 3.63) is 65.7 Å². The largest absolute Gasteiger partial charge is 0.496 e. The first-order valence-corrected chi connectivity index (χ1v) is 8.29. The molecular weight excluding hydrogens is 332 g/mol. The molecule has 0 saturated heterocycles. The molecular formula is C21H22O5. The van der Waals surface area contributed by atoms with Gasteiger partial charge in [0.1, 0.15) is 29.3 Å². The van der Waals surface area contributed by atoms with Gasteiger partial charge in [0.05, 0.1) is 26.9 Å². The van der Waals surface area contributed by atoms with Crippen LogP contribution in [-0.2, 0) is 21.6 Å². The van der Waals surface area contributed by atoms with Crippen molar-refractivity contribution in [2.24, 2.45) is 0 Å². The van der Waals surface area contributed by atoms with Gasteiger partial charge >= 0.3 is 5.97 Å². The van der Waals surface area contributed by atoms with Crippen LogP contribution in [0.25, 0.3) is 0 Å². The molecule has 0 spiro atoms. The highest BCUT2D eigenvalue weighted by molar-refractivity contribution is 5.92. The summed E-state index contributed by atoms with van der Waals surface area (Å²) >= 11 is 0. The van der Waals surface area contributed by atoms with Crippen molar-refractivity contribution in [3.8, 4) is 17.2 Å². The second-order valence-corrected chi connectivity index (χ2v) is 6.04. The number of carbonyl (C=O) groups excluding carboxylic acids is 1. The molecule has 0 saturated carbocycles. The number of rotatable bonds is 6. The van der Waals surface area contributed by atoms with Crippen LogP contribution in [0.1, 0.15) is 23.1 Å². The van der Waals surface area contributed by atoms with Crippen molar-refractivity contribution in [2.45, 2.75) is 18.4 Å². The third-order valence-corrected chi connectivity index (χ3v) is 4.78. The normalized spacial score (nSPS) is 18.5. The fourth-order valence-corrected chi connectivity index (χ4v) is 3.61. The summed E-state index contributed by atoms with van der Waals surface area (Å²) in [5, 5.41) is 0. The molecule has 1 atom stereocenters. The fourth-order valence-electron chi connectivity index (χ4n) is 3.61. The smallest absolute Gasteiger partial charge is 0.322 e. The van der Waals surface area contributed by atoms with Crippen molar-refractivity contribution in [1.82, 2.24) is 0 Å². The van der Waals surface area contributed by atoms with Crippen molar-refractivity contribution in [2.75, 3.05) is 21.3 Å². The number of ether oxygens (including phenoxy) is 4. The average molecular weight is 354 g/mol. The predicted octanol–water partition coefficient (Wildman–Crippen LogP) is 3.63. The molecule has 0 N–H and O–H groups in total. The van der Waals surface area contributed by atoms with Crippen LogP contribution in [0, 0.1) is 0 Å². The van der Waals surface area contributed by atoms with Crippen LogP contribution in [0.5, 0.6) is 17.2 Å². The number of hydrogen-bond acceptors (Lipinski definition) is 5. The molecule has 2 aromatic carbocycles. The quantitative estimate of drug-likeness (QED) is 0.586. The highest BCUT2D eigenvalue weighted by atomic mass is 16.5. The Labute approximate surface area is 153 Å². The summed E-state index contributed by atoms with van der Waals surface area (Å²) in [5.41, 5.74) is 1.34. The van der Waals surface area contributed by atoms with Crippen LogP contribution >= 0.6 is 0 Å². The van der Waals surface area contributed by atoms with Gasteiger partial charge in [-0.25, -0.2) is 0 Å². The summed E-state index contributed by atoms with van der Waals surface area (Å²) in [5.74, 6) is 1.22. The number of methoxy groups -OCH3 is 3. The van der Waals surface area contributed by atoms with E-state index in [2.05, 4.69) is 6.58 Å². The van der Waals surface area contributed by atoms with Crippen LogP contribution < -0.4 is 14.2 Å². The van der Waals surface area contributed by atoms with Gasteiger partial charge in [-0.3, -0.25) is 4.79 Å². The second-order valence-electron chi connectivity index (χ2n) is 6.04. The Hall–Kier alpha value is -2.95. The third kappa shape index (κ3) is 2.60. The van der Waals surface area contributed by atoms with Gasteiger partial charge in [-0.05, 0) is 17.5 Å². The molecule has 1 heterocycles. The summed E-state index contributed by atoms with van der Waals surface area (Å²) < 4.78 is 22.1. The lowest BCUT2D eigenvalue weighted by molar-refractivity contribution is -0.152. The van der Waals surface area contributed by atoms with Crippen LogP contribution in [-0.4, -0.2) is 27.3 Å². The number of benzene rings is 2. The molecule has 2 aromatic rings. The molecule has 5 heteroatoms. The molecule has 0 fully saturated rings. The van der Waals surface area contributed by atoms with E-state index in [9.17, 15) is 4.79 Å². The van der Waals surface area contributed by atoms with Crippen LogP contribution in [0.3, 0.4) is 0 Å². The van der Waals surface area contributed by atoms with E-state index in [0.717, 1.165) is 11.1 Å². The lowest BCUT2D eigenvalue weighted by Crippen LogP contribution is -2.42. The summed E-state index contributed by atoms with van der Waals surface area (Å²) in [6.07, 6.45) is 2.06. The zero-order valence-electron chi connectivity index (χ0n) is 15.2. The second kappa shape index (κ2) is 7.12. The molecule has 0 radical (unpaired) electrons. The molecule has 5 nitrogen and oxygen atoms in total. The lowest BCUT2D eigenvalue weighted by atomic mass is 9.68. The van der Waals surface area contributed by atoms with Gasteiger partial charge in [-0.2, -0.15) is 0 Å². The first kappa shape index (κ1) is 17.9. The van der Waals surface area contributed by atoms with Crippen LogP contribution in [0.4, 0.5) is 0 Å². The van der Waals surface area contributed by atoms with E-state index in [0.29, 0.717) is 29.2 Å². The highest BCUT2D eigenvalue weighted by Crippen LogP contribution is 2.50. The number of allylic oxidation sites excluding steroid dienone is 1. The molecule has 1 aliphatic rings. The summed E-state index contributed by atoms with van der Waals surface area (Å²) in [7, 11) is 4.68. The SMILES string of the molecule is C=CCC1(c2c(OC)cc(OC)cc2OC)C(=O)OCc2ccccc21. The van der Waals surface area contributed by atoms with Crippen LogP contribution in [0.15, 0.2) is 49.1 Å². The topological polar surface area (TPSA) is 54.0 Å². The van der Waals surface area contributed by atoms with Crippen molar-refractivity contribution in [1.29, 1.82) is 0 Å². The maximum absolute atomic E-state index is 13.1. The Bertz CT molecular complexity index is 817. The summed E-state index contributed by atoms with van der Waals surface area (Å²) in [4.78, 5) is 13.1. The average Bonchev–Trinajstić information content (AvgIpc) is 2.69. The van der Waals surface area contributed by atoms with Gasteiger partial charge in [0.15, 0.2) is 0 Å². The van der Waals surface area contributed by atoms with Gasteiger partial charge in [-0.1, -0.05) is 30.3 Å². The Morgan fingerprint density at radius 3 is 2.35 bits per heavy atom. The molecule has 0 amide bonds. The van der Waals surface area contributed by atoms with Crippen molar-refractivity contribution >= 4 is 5.97 Å². The zero-order chi connectivity index (χ0) is 18.7. The van der Waals surface area contributed by atoms with E-state index in [1.54, 1.807) is 39.5 Å². The number of fused-ring (bicyclic) bond motifs is 1. The van der Waals surface area contributed by atoms with E-state index in [4.69, 9.17) is 18.9 Å². The van der Waals surface area contributed by atoms with Crippen LogP contribution in [0.2, 0.25) is 0 Å². The first-order valence-electron chi connectivity index (χ1n) is 8.29. The number of cyclic esters (lactones) is 1. The minimum Gasteiger partial charge on any atom is -0.496 e. The molecule has 1 unspecified atom stereocenters. The molecule has 3 rings (SSSR count). The van der Waals surface area contributed by atoms with E-state index in [-0.39, 0.29) is 12.6 Å². The first-order chi connectivity index (χ1) is 12.6. The van der Waals surface area contributed by atoms with Gasteiger partial charge < -0.3 is 18.9 Å².